The summed E-state index contributed by atoms with van der Waals surface area (Å²) in [5, 5.41) is 13.0. The van der Waals surface area contributed by atoms with Crippen LogP contribution in [-0.4, -0.2) is 47.4 Å². The van der Waals surface area contributed by atoms with Gasteiger partial charge in [-0.05, 0) is 32.8 Å². The topological polar surface area (TPSA) is 61.8 Å². The highest BCUT2D eigenvalue weighted by atomic mass is 16.6. The number of likely N-dealkylation sites (tertiary alicyclic amines) is 1. The van der Waals surface area contributed by atoms with E-state index in [9.17, 15) is 9.90 Å². The van der Waals surface area contributed by atoms with Crippen LogP contribution in [0.15, 0.2) is 30.3 Å². The number of aliphatic hydroxyl groups is 1. The zero-order chi connectivity index (χ0) is 16.2. The summed E-state index contributed by atoms with van der Waals surface area (Å²) in [5.41, 5.74) is 0.584. The van der Waals surface area contributed by atoms with Gasteiger partial charge in [0.2, 0.25) is 0 Å². The first-order valence-electron chi connectivity index (χ1n) is 7.79. The predicted molar refractivity (Wildman–Crippen MR) is 85.6 cm³/mol. The molecule has 0 aromatic heterocycles. The van der Waals surface area contributed by atoms with Crippen molar-refractivity contribution in [3.63, 3.8) is 0 Å². The van der Waals surface area contributed by atoms with Gasteiger partial charge in [-0.15, -0.1) is 0 Å². The highest BCUT2D eigenvalue weighted by molar-refractivity contribution is 5.68. The van der Waals surface area contributed by atoms with Crippen LogP contribution in [0.4, 0.5) is 4.79 Å². The van der Waals surface area contributed by atoms with Crippen molar-refractivity contribution in [1.29, 1.82) is 0 Å². The first kappa shape index (κ1) is 16.8. The molecule has 1 heterocycles. The largest absolute Gasteiger partial charge is 0.444 e. The molecule has 2 rings (SSSR count). The zero-order valence-corrected chi connectivity index (χ0v) is 13.6. The molecule has 1 aliphatic heterocycles. The van der Waals surface area contributed by atoms with E-state index in [-0.39, 0.29) is 24.8 Å². The fourth-order valence-electron chi connectivity index (χ4n) is 2.61. The van der Waals surface area contributed by atoms with Gasteiger partial charge in [-0.2, -0.15) is 0 Å². The Labute approximate surface area is 132 Å². The van der Waals surface area contributed by atoms with Crippen molar-refractivity contribution < 1.29 is 14.6 Å². The van der Waals surface area contributed by atoms with Crippen LogP contribution in [0.25, 0.3) is 0 Å². The monoisotopic (exact) mass is 306 g/mol. The van der Waals surface area contributed by atoms with Gasteiger partial charge in [0, 0.05) is 19.1 Å². The number of carbonyl (C=O) groups excluding carboxylic acids is 1. The van der Waals surface area contributed by atoms with Crippen LogP contribution in [0.1, 0.15) is 38.8 Å². The lowest BCUT2D eigenvalue weighted by atomic mass is 10.1. The molecular formula is C17H26N2O3. The molecule has 2 atom stereocenters. The lowest BCUT2D eigenvalue weighted by Crippen LogP contribution is -2.40. The maximum atomic E-state index is 12.1. The molecule has 22 heavy (non-hydrogen) atoms. The number of ether oxygens (including phenoxy) is 1. The molecule has 0 bridgehead atoms. The third kappa shape index (κ3) is 4.71. The predicted octanol–water partition coefficient (Wildman–Crippen LogP) is 2.32. The van der Waals surface area contributed by atoms with Crippen LogP contribution in [0, 0.1) is 0 Å². The van der Waals surface area contributed by atoms with E-state index in [1.807, 2.05) is 51.1 Å². The molecule has 1 aromatic rings. The lowest BCUT2D eigenvalue weighted by Gasteiger charge is -2.25. The number of hydrogen-bond donors (Lipinski definition) is 2. The Morgan fingerprint density at radius 3 is 2.68 bits per heavy atom. The van der Waals surface area contributed by atoms with Crippen LogP contribution >= 0.6 is 0 Å². The minimum atomic E-state index is -0.472. The lowest BCUT2D eigenvalue weighted by molar-refractivity contribution is 0.0290. The molecular weight excluding hydrogens is 280 g/mol. The highest BCUT2D eigenvalue weighted by Gasteiger charge is 2.30. The Morgan fingerprint density at radius 1 is 1.41 bits per heavy atom. The van der Waals surface area contributed by atoms with Gasteiger partial charge in [0.15, 0.2) is 0 Å². The summed E-state index contributed by atoms with van der Waals surface area (Å²) in [6, 6.07) is 9.93. The Kier molecular flexibility index (Phi) is 5.42. The Balaban J connectivity index is 1.89. The van der Waals surface area contributed by atoms with E-state index in [2.05, 4.69) is 5.32 Å². The maximum absolute atomic E-state index is 12.1. The number of carbonyl (C=O) groups is 1. The minimum Gasteiger partial charge on any atom is -0.444 e. The second-order valence-corrected chi connectivity index (χ2v) is 6.72. The van der Waals surface area contributed by atoms with Crippen LogP contribution in [-0.2, 0) is 4.74 Å². The van der Waals surface area contributed by atoms with Crippen LogP contribution in [0.2, 0.25) is 0 Å². The Hall–Kier alpha value is -1.59. The van der Waals surface area contributed by atoms with Crippen molar-refractivity contribution in [3.8, 4) is 0 Å². The van der Waals surface area contributed by atoms with Gasteiger partial charge in [0.25, 0.3) is 0 Å². The molecule has 122 valence electrons. The number of hydrogen-bond acceptors (Lipinski definition) is 4. The number of amides is 1. The Bertz CT molecular complexity index is 484. The van der Waals surface area contributed by atoms with E-state index in [1.54, 1.807) is 4.90 Å². The van der Waals surface area contributed by atoms with E-state index in [0.29, 0.717) is 13.1 Å². The number of nitrogens with one attached hydrogen (secondary N) is 1. The third-order valence-corrected chi connectivity index (χ3v) is 3.66. The molecule has 0 radical (unpaired) electrons. The van der Waals surface area contributed by atoms with Crippen LogP contribution in [0.3, 0.4) is 0 Å². The molecule has 1 saturated heterocycles. The summed E-state index contributed by atoms with van der Waals surface area (Å²) in [7, 11) is 0. The van der Waals surface area contributed by atoms with E-state index in [1.165, 1.54) is 0 Å². The van der Waals surface area contributed by atoms with Gasteiger partial charge >= 0.3 is 6.09 Å². The second kappa shape index (κ2) is 7.11. The maximum Gasteiger partial charge on any atom is 0.410 e. The van der Waals surface area contributed by atoms with Gasteiger partial charge < -0.3 is 20.1 Å². The van der Waals surface area contributed by atoms with Crippen LogP contribution < -0.4 is 5.32 Å². The summed E-state index contributed by atoms with van der Waals surface area (Å²) in [6.07, 6.45) is 0.597. The van der Waals surface area contributed by atoms with E-state index in [0.717, 1.165) is 12.0 Å². The number of nitrogens with zero attached hydrogens (tertiary/aromatic N) is 1. The Morgan fingerprint density at radius 2 is 2.09 bits per heavy atom. The molecule has 1 aliphatic rings. The second-order valence-electron chi connectivity index (χ2n) is 6.72. The molecule has 0 saturated carbocycles. The van der Waals surface area contributed by atoms with E-state index >= 15 is 0 Å². The van der Waals surface area contributed by atoms with Gasteiger partial charge in [-0.25, -0.2) is 4.79 Å². The normalized spacial score (nSPS) is 20.0. The highest BCUT2D eigenvalue weighted by Crippen LogP contribution is 2.19. The average molecular weight is 306 g/mol. The first-order valence-corrected chi connectivity index (χ1v) is 7.79. The third-order valence-electron chi connectivity index (χ3n) is 3.66. The molecule has 0 aliphatic carbocycles. The number of benzene rings is 1. The van der Waals surface area contributed by atoms with Crippen molar-refractivity contribution in [2.75, 3.05) is 19.7 Å². The minimum absolute atomic E-state index is 0.0347. The smallest absolute Gasteiger partial charge is 0.410 e. The molecule has 5 nitrogen and oxygen atoms in total. The zero-order valence-electron chi connectivity index (χ0n) is 13.6. The van der Waals surface area contributed by atoms with Crippen molar-refractivity contribution in [2.24, 2.45) is 0 Å². The summed E-state index contributed by atoms with van der Waals surface area (Å²) in [5.74, 6) is 0. The van der Waals surface area contributed by atoms with Crippen LogP contribution in [0.5, 0.6) is 0 Å². The number of aliphatic hydroxyl groups excluding tert-OH is 1. The summed E-state index contributed by atoms with van der Waals surface area (Å²) in [6.45, 7) is 6.93. The standard InChI is InChI=1S/C17H26N2O3/c1-17(2,3)22-16(21)19-10-9-14(11-19)18-15(12-20)13-7-5-4-6-8-13/h4-8,14-15,18,20H,9-12H2,1-3H3/t14?,15-/m1/s1. The first-order chi connectivity index (χ1) is 10.4. The fourth-order valence-corrected chi connectivity index (χ4v) is 2.61. The van der Waals surface area contributed by atoms with Crippen molar-refractivity contribution >= 4 is 6.09 Å². The summed E-state index contributed by atoms with van der Waals surface area (Å²) in [4.78, 5) is 13.8. The molecule has 1 unspecified atom stereocenters. The van der Waals surface area contributed by atoms with Crippen molar-refractivity contribution in [2.45, 2.75) is 44.9 Å². The number of rotatable bonds is 4. The SMILES string of the molecule is CC(C)(C)OC(=O)N1CCC(N[C@H](CO)c2ccccc2)C1. The van der Waals surface area contributed by atoms with Gasteiger partial charge in [0.05, 0.1) is 12.6 Å². The fraction of sp³-hybridized carbons (Fsp3) is 0.588. The van der Waals surface area contributed by atoms with Gasteiger partial charge in [0.1, 0.15) is 5.60 Å². The molecule has 2 N–H and O–H groups in total. The molecule has 1 fully saturated rings. The average Bonchev–Trinajstić information content (AvgIpc) is 2.92. The van der Waals surface area contributed by atoms with Crippen molar-refractivity contribution in [1.82, 2.24) is 10.2 Å². The molecule has 5 heteroatoms. The summed E-state index contributed by atoms with van der Waals surface area (Å²) >= 11 is 0. The molecule has 1 aromatic carbocycles. The summed E-state index contributed by atoms with van der Waals surface area (Å²) < 4.78 is 5.40. The van der Waals surface area contributed by atoms with E-state index < -0.39 is 5.60 Å². The quantitative estimate of drug-likeness (QED) is 0.896. The van der Waals surface area contributed by atoms with Gasteiger partial charge in [-0.3, -0.25) is 0 Å². The van der Waals surface area contributed by atoms with Crippen molar-refractivity contribution in [3.05, 3.63) is 35.9 Å². The molecule has 0 spiro atoms. The molecule has 1 amide bonds. The van der Waals surface area contributed by atoms with Gasteiger partial charge in [-0.1, -0.05) is 30.3 Å². The van der Waals surface area contributed by atoms with E-state index in [4.69, 9.17) is 4.74 Å².